The highest BCUT2D eigenvalue weighted by Crippen LogP contribution is 2.28. The topological polar surface area (TPSA) is 66.5 Å². The Bertz CT molecular complexity index is 1280. The number of carbonyl (C=O) groups is 1. The number of amides is 1. The normalized spacial score (nSPS) is 14.7. The number of nitrogens with one attached hydrogen (secondary N) is 1. The van der Waals surface area contributed by atoms with E-state index in [4.69, 9.17) is 0 Å². The number of hydrogen-bond donors (Lipinski definition) is 1. The van der Waals surface area contributed by atoms with Crippen LogP contribution in [0.25, 0.3) is 0 Å². The molecule has 0 saturated carbocycles. The summed E-state index contributed by atoms with van der Waals surface area (Å²) >= 11 is 0. The Balaban J connectivity index is 1.40. The van der Waals surface area contributed by atoms with Crippen LogP contribution in [0.4, 0.5) is 5.69 Å². The molecule has 1 heterocycles. The zero-order valence-corrected chi connectivity index (χ0v) is 21.8. The van der Waals surface area contributed by atoms with Gasteiger partial charge in [-0.1, -0.05) is 36.4 Å². The van der Waals surface area contributed by atoms with Crippen molar-refractivity contribution in [3.63, 3.8) is 0 Å². The summed E-state index contributed by atoms with van der Waals surface area (Å²) in [7, 11) is -3.75. The third kappa shape index (κ3) is 5.59. The third-order valence-electron chi connectivity index (χ3n) is 7.22. The smallest absolute Gasteiger partial charge is 0.262 e. The molecule has 4 rings (SSSR count). The highest BCUT2D eigenvalue weighted by Gasteiger charge is 2.25. The van der Waals surface area contributed by atoms with Crippen LogP contribution in [0, 0.1) is 33.6 Å². The van der Waals surface area contributed by atoms with Gasteiger partial charge in [-0.05, 0) is 105 Å². The number of aryl methyl sites for hydroxylation is 2. The summed E-state index contributed by atoms with van der Waals surface area (Å²) in [5.41, 5.74) is 5.77. The highest BCUT2D eigenvalue weighted by atomic mass is 32.2. The third-order valence-corrected chi connectivity index (χ3v) is 8.87. The summed E-state index contributed by atoms with van der Waals surface area (Å²) in [6.07, 6.45) is 3.04. The molecule has 1 amide bonds. The second-order valence-corrected chi connectivity index (χ2v) is 11.3. The molecular formula is C29H34N2O3S. The number of likely N-dealkylation sites (tertiary alicyclic amines) is 1. The van der Waals surface area contributed by atoms with Gasteiger partial charge in [0, 0.05) is 24.3 Å². The molecule has 0 atom stereocenters. The standard InChI is InChI=1S/C29H34N2O3S/c1-20-18-21(2)23(4)28(22(20)3)35(33,34)30-27-12-10-26(11-13-27)29(32)31-16-14-25(15-17-31)19-24-8-6-5-7-9-24/h5-13,18,25,30H,14-17,19H2,1-4H3. The molecule has 1 saturated heterocycles. The maximum absolute atomic E-state index is 13.2. The zero-order valence-electron chi connectivity index (χ0n) is 21.0. The molecular weight excluding hydrogens is 456 g/mol. The van der Waals surface area contributed by atoms with Crippen molar-refractivity contribution in [2.45, 2.75) is 51.9 Å². The SMILES string of the molecule is Cc1cc(C)c(C)c(S(=O)(=O)Nc2ccc(C(=O)N3CCC(Cc4ccccc4)CC3)cc2)c1C. The summed E-state index contributed by atoms with van der Waals surface area (Å²) < 4.78 is 29.1. The zero-order chi connectivity index (χ0) is 25.2. The van der Waals surface area contributed by atoms with Crippen molar-refractivity contribution in [2.24, 2.45) is 5.92 Å². The van der Waals surface area contributed by atoms with Crippen molar-refractivity contribution in [1.29, 1.82) is 0 Å². The Morgan fingerprint density at radius 1 is 0.886 bits per heavy atom. The number of benzene rings is 3. The number of hydrogen-bond acceptors (Lipinski definition) is 3. The van der Waals surface area contributed by atoms with E-state index in [0.29, 0.717) is 22.1 Å². The van der Waals surface area contributed by atoms with E-state index < -0.39 is 10.0 Å². The molecule has 0 spiro atoms. The van der Waals surface area contributed by atoms with Crippen molar-refractivity contribution in [2.75, 3.05) is 17.8 Å². The lowest BCUT2D eigenvalue weighted by Gasteiger charge is -2.32. The molecule has 35 heavy (non-hydrogen) atoms. The summed E-state index contributed by atoms with van der Waals surface area (Å²) in [5.74, 6) is 0.592. The van der Waals surface area contributed by atoms with Crippen LogP contribution in [0.1, 0.15) is 51.0 Å². The number of anilines is 1. The van der Waals surface area contributed by atoms with Crippen LogP contribution < -0.4 is 4.72 Å². The first-order valence-corrected chi connectivity index (χ1v) is 13.7. The van der Waals surface area contributed by atoms with Crippen LogP contribution in [-0.4, -0.2) is 32.3 Å². The van der Waals surface area contributed by atoms with Gasteiger partial charge in [-0.25, -0.2) is 8.42 Å². The summed E-state index contributed by atoms with van der Waals surface area (Å²) in [4.78, 5) is 15.3. The summed E-state index contributed by atoms with van der Waals surface area (Å²) in [6, 6.07) is 19.3. The van der Waals surface area contributed by atoms with Gasteiger partial charge in [0.2, 0.25) is 0 Å². The van der Waals surface area contributed by atoms with Gasteiger partial charge in [-0.3, -0.25) is 9.52 Å². The molecule has 0 bridgehead atoms. The lowest BCUT2D eigenvalue weighted by atomic mass is 9.90. The molecule has 3 aromatic rings. The van der Waals surface area contributed by atoms with Crippen molar-refractivity contribution in [3.05, 3.63) is 94.0 Å². The first-order valence-electron chi connectivity index (χ1n) is 12.2. The van der Waals surface area contributed by atoms with Crippen molar-refractivity contribution < 1.29 is 13.2 Å². The first-order chi connectivity index (χ1) is 16.7. The monoisotopic (exact) mass is 490 g/mol. The quantitative estimate of drug-likeness (QED) is 0.474. The lowest BCUT2D eigenvalue weighted by molar-refractivity contribution is 0.0690. The molecule has 6 heteroatoms. The average Bonchev–Trinajstić information content (AvgIpc) is 2.84. The van der Waals surface area contributed by atoms with Crippen LogP contribution in [0.3, 0.4) is 0 Å². The van der Waals surface area contributed by atoms with Crippen molar-refractivity contribution >= 4 is 21.6 Å². The van der Waals surface area contributed by atoms with E-state index in [9.17, 15) is 13.2 Å². The van der Waals surface area contributed by atoms with E-state index in [-0.39, 0.29) is 5.91 Å². The summed E-state index contributed by atoms with van der Waals surface area (Å²) in [6.45, 7) is 9.01. The van der Waals surface area contributed by atoms with Crippen molar-refractivity contribution in [1.82, 2.24) is 4.90 Å². The first kappa shape index (κ1) is 25.0. The molecule has 1 fully saturated rings. The molecule has 0 aliphatic carbocycles. The molecule has 0 aromatic heterocycles. The average molecular weight is 491 g/mol. The summed E-state index contributed by atoms with van der Waals surface area (Å²) in [5, 5.41) is 0. The lowest BCUT2D eigenvalue weighted by Crippen LogP contribution is -2.38. The van der Waals surface area contributed by atoms with Gasteiger partial charge in [-0.15, -0.1) is 0 Å². The van der Waals surface area contributed by atoms with Crippen LogP contribution in [0.5, 0.6) is 0 Å². The predicted molar refractivity (Wildman–Crippen MR) is 141 cm³/mol. The molecule has 1 aliphatic heterocycles. The Morgan fingerprint density at radius 2 is 1.46 bits per heavy atom. The van der Waals surface area contributed by atoms with Crippen LogP contribution in [0.2, 0.25) is 0 Å². The van der Waals surface area contributed by atoms with Crippen LogP contribution in [-0.2, 0) is 16.4 Å². The highest BCUT2D eigenvalue weighted by molar-refractivity contribution is 7.92. The molecule has 1 aliphatic rings. The second-order valence-electron chi connectivity index (χ2n) is 9.70. The fraction of sp³-hybridized carbons (Fsp3) is 0.345. The van der Waals surface area contributed by atoms with Gasteiger partial charge in [0.1, 0.15) is 0 Å². The van der Waals surface area contributed by atoms with Gasteiger partial charge in [0.05, 0.1) is 4.90 Å². The maximum atomic E-state index is 13.2. The molecule has 1 N–H and O–H groups in total. The Labute approximate surface area is 209 Å². The minimum absolute atomic E-state index is 0.00133. The maximum Gasteiger partial charge on any atom is 0.262 e. The van der Waals surface area contributed by atoms with E-state index in [1.807, 2.05) is 44.7 Å². The van der Waals surface area contributed by atoms with E-state index in [0.717, 1.165) is 54.6 Å². The van der Waals surface area contributed by atoms with Gasteiger partial charge < -0.3 is 4.90 Å². The molecule has 184 valence electrons. The number of nitrogens with zero attached hydrogens (tertiary/aromatic N) is 1. The van der Waals surface area contributed by atoms with Gasteiger partial charge in [0.25, 0.3) is 15.9 Å². The van der Waals surface area contributed by atoms with Gasteiger partial charge in [-0.2, -0.15) is 0 Å². The number of carbonyl (C=O) groups excluding carboxylic acids is 1. The Kier molecular flexibility index (Phi) is 7.31. The largest absolute Gasteiger partial charge is 0.339 e. The van der Waals surface area contributed by atoms with E-state index in [2.05, 4.69) is 29.0 Å². The molecule has 0 unspecified atom stereocenters. The fourth-order valence-electron chi connectivity index (χ4n) is 4.94. The second kappa shape index (κ2) is 10.2. The Hall–Kier alpha value is -3.12. The van der Waals surface area contributed by atoms with E-state index in [1.165, 1.54) is 5.56 Å². The van der Waals surface area contributed by atoms with Gasteiger partial charge in [0.15, 0.2) is 0 Å². The van der Waals surface area contributed by atoms with E-state index >= 15 is 0 Å². The van der Waals surface area contributed by atoms with Crippen molar-refractivity contribution in [3.8, 4) is 0 Å². The van der Waals surface area contributed by atoms with Gasteiger partial charge >= 0.3 is 0 Å². The Morgan fingerprint density at radius 3 is 2.03 bits per heavy atom. The minimum atomic E-state index is -3.75. The predicted octanol–water partition coefficient (Wildman–Crippen LogP) is 5.82. The van der Waals surface area contributed by atoms with E-state index in [1.54, 1.807) is 24.3 Å². The fourth-order valence-corrected chi connectivity index (χ4v) is 6.62. The van der Waals surface area contributed by atoms with Crippen LogP contribution in [0.15, 0.2) is 65.6 Å². The molecule has 3 aromatic carbocycles. The minimum Gasteiger partial charge on any atom is -0.339 e. The number of rotatable bonds is 6. The van der Waals surface area contributed by atoms with Crippen LogP contribution >= 0.6 is 0 Å². The molecule has 5 nitrogen and oxygen atoms in total. The molecule has 0 radical (unpaired) electrons. The number of sulfonamides is 1. The number of piperidine rings is 1.